The Hall–Kier alpha value is -5.41. The van der Waals surface area contributed by atoms with Gasteiger partial charge in [-0.3, -0.25) is 4.99 Å². The molecule has 2 heterocycles. The second kappa shape index (κ2) is 9.07. The molecule has 194 valence electrons. The predicted molar refractivity (Wildman–Crippen MR) is 177 cm³/mol. The van der Waals surface area contributed by atoms with Crippen molar-refractivity contribution in [3.8, 4) is 5.69 Å². The summed E-state index contributed by atoms with van der Waals surface area (Å²) in [4.78, 5) is 4.21. The van der Waals surface area contributed by atoms with Crippen LogP contribution in [0.1, 0.15) is 6.92 Å². The minimum Gasteiger partial charge on any atom is -0.309 e. The number of para-hydroxylation sites is 2. The molecule has 0 aliphatic heterocycles. The summed E-state index contributed by atoms with van der Waals surface area (Å²) in [5.41, 5.74) is 6.90. The van der Waals surface area contributed by atoms with Gasteiger partial charge < -0.3 is 9.13 Å². The highest BCUT2D eigenvalue weighted by atomic mass is 15.0. The first-order valence-corrected chi connectivity index (χ1v) is 14.0. The van der Waals surface area contributed by atoms with E-state index in [-0.39, 0.29) is 0 Å². The summed E-state index contributed by atoms with van der Waals surface area (Å²) in [5, 5.41) is 9.94. The number of fused-ring (bicyclic) bond motifs is 12. The van der Waals surface area contributed by atoms with E-state index >= 15 is 0 Å². The number of allylic oxidation sites excluding steroid dienone is 3. The second-order valence-electron chi connectivity index (χ2n) is 10.4. The number of nitrogens with zero attached hydrogens (tertiary/aromatic N) is 3. The Bertz CT molecular complexity index is 2380. The summed E-state index contributed by atoms with van der Waals surface area (Å²) >= 11 is 0. The quantitative estimate of drug-likeness (QED) is 0.161. The predicted octanol–water partition coefficient (Wildman–Crippen LogP) is 10.3. The van der Waals surface area contributed by atoms with Gasteiger partial charge in [0.05, 0.1) is 34.0 Å². The normalized spacial score (nSPS) is 12.7. The first kappa shape index (κ1) is 23.5. The highest BCUT2D eigenvalue weighted by molar-refractivity contribution is 6.40. The number of aliphatic imine (C=N–C) groups is 1. The Morgan fingerprint density at radius 1 is 0.610 bits per heavy atom. The molecule has 0 saturated carbocycles. The average molecular weight is 526 g/mol. The van der Waals surface area contributed by atoms with Crippen LogP contribution in [0.3, 0.4) is 0 Å². The maximum absolute atomic E-state index is 4.21. The molecule has 2 aromatic heterocycles. The number of rotatable bonds is 4. The molecule has 0 spiro atoms. The molecule has 3 heteroatoms. The van der Waals surface area contributed by atoms with Crippen molar-refractivity contribution < 1.29 is 0 Å². The molecule has 0 saturated heterocycles. The number of aromatic nitrogens is 2. The minimum atomic E-state index is 0.981. The Balaban J connectivity index is 1.78. The molecule has 8 rings (SSSR count). The molecule has 0 N–H and O–H groups in total. The summed E-state index contributed by atoms with van der Waals surface area (Å²) in [6, 6.07) is 41.6. The molecular weight excluding hydrogens is 498 g/mol. The first-order valence-electron chi connectivity index (χ1n) is 14.0. The van der Waals surface area contributed by atoms with Crippen LogP contribution in [-0.4, -0.2) is 15.9 Å². The van der Waals surface area contributed by atoms with Gasteiger partial charge in [0.2, 0.25) is 0 Å². The third-order valence-electron chi connectivity index (χ3n) is 8.25. The average Bonchev–Trinajstić information content (AvgIpc) is 3.55. The zero-order valence-electron chi connectivity index (χ0n) is 22.8. The lowest BCUT2D eigenvalue weighted by Crippen LogP contribution is -1.97. The number of benzene rings is 6. The van der Waals surface area contributed by atoms with Crippen LogP contribution >= 0.6 is 0 Å². The maximum atomic E-state index is 4.21. The number of hydrogen-bond acceptors (Lipinski definition) is 1. The van der Waals surface area contributed by atoms with Gasteiger partial charge in [-0.05, 0) is 54.8 Å². The van der Waals surface area contributed by atoms with Crippen LogP contribution in [0, 0.1) is 0 Å². The van der Waals surface area contributed by atoms with E-state index in [2.05, 4.69) is 148 Å². The van der Waals surface area contributed by atoms with E-state index in [9.17, 15) is 0 Å². The van der Waals surface area contributed by atoms with Crippen molar-refractivity contribution in [2.45, 2.75) is 6.92 Å². The Morgan fingerprint density at radius 3 is 2.02 bits per heavy atom. The monoisotopic (exact) mass is 525 g/mol. The van der Waals surface area contributed by atoms with Crippen LogP contribution in [0.5, 0.6) is 0 Å². The van der Waals surface area contributed by atoms with Crippen LogP contribution in [0.15, 0.2) is 139 Å². The zero-order valence-corrected chi connectivity index (χ0v) is 22.8. The molecule has 41 heavy (non-hydrogen) atoms. The molecule has 0 unspecified atom stereocenters. The summed E-state index contributed by atoms with van der Waals surface area (Å²) in [5.74, 6) is 0. The van der Waals surface area contributed by atoms with Crippen molar-refractivity contribution >= 4 is 77.6 Å². The van der Waals surface area contributed by atoms with Gasteiger partial charge in [-0.1, -0.05) is 97.1 Å². The Labute approximate surface area is 237 Å². The van der Waals surface area contributed by atoms with Gasteiger partial charge in [0.25, 0.3) is 0 Å². The molecule has 0 radical (unpaired) electrons. The summed E-state index contributed by atoms with van der Waals surface area (Å²) < 4.78 is 4.82. The fraction of sp³-hybridized carbons (Fsp3) is 0.0263. The van der Waals surface area contributed by atoms with Crippen molar-refractivity contribution in [1.29, 1.82) is 0 Å². The van der Waals surface area contributed by atoms with E-state index < -0.39 is 0 Å². The van der Waals surface area contributed by atoms with Gasteiger partial charge >= 0.3 is 0 Å². The van der Waals surface area contributed by atoms with E-state index in [1.807, 2.05) is 13.1 Å². The van der Waals surface area contributed by atoms with Crippen molar-refractivity contribution in [2.24, 2.45) is 4.99 Å². The molecule has 0 aliphatic carbocycles. The van der Waals surface area contributed by atoms with Crippen molar-refractivity contribution in [1.82, 2.24) is 9.13 Å². The van der Waals surface area contributed by atoms with Crippen LogP contribution in [0.25, 0.3) is 76.5 Å². The van der Waals surface area contributed by atoms with E-state index in [0.29, 0.717) is 0 Å². The summed E-state index contributed by atoms with van der Waals surface area (Å²) in [7, 11) is 0. The topological polar surface area (TPSA) is 22.2 Å². The molecular formula is C38H27N3. The molecule has 8 aromatic rings. The largest absolute Gasteiger partial charge is 0.309 e. The molecule has 0 bridgehead atoms. The highest BCUT2D eigenvalue weighted by Gasteiger charge is 2.25. The van der Waals surface area contributed by atoms with Gasteiger partial charge in [-0.2, -0.15) is 0 Å². The van der Waals surface area contributed by atoms with Crippen molar-refractivity contribution in [2.75, 3.05) is 0 Å². The minimum absolute atomic E-state index is 0.981. The zero-order chi connectivity index (χ0) is 27.5. The maximum Gasteiger partial charge on any atom is 0.0641 e. The molecule has 0 aliphatic rings. The second-order valence-corrected chi connectivity index (χ2v) is 10.4. The van der Waals surface area contributed by atoms with Gasteiger partial charge in [0.15, 0.2) is 0 Å². The lowest BCUT2D eigenvalue weighted by molar-refractivity contribution is 1.19. The van der Waals surface area contributed by atoms with E-state index in [0.717, 1.165) is 16.9 Å². The molecule has 6 aromatic carbocycles. The Kier molecular flexibility index (Phi) is 5.19. The van der Waals surface area contributed by atoms with Gasteiger partial charge in [-0.25, -0.2) is 0 Å². The Morgan fingerprint density at radius 2 is 1.27 bits per heavy atom. The smallest absolute Gasteiger partial charge is 0.0641 e. The first-order chi connectivity index (χ1) is 20.3. The summed E-state index contributed by atoms with van der Waals surface area (Å²) in [6.45, 7) is 5.84. The third-order valence-corrected chi connectivity index (χ3v) is 8.25. The molecule has 0 fully saturated rings. The molecule has 3 nitrogen and oxygen atoms in total. The van der Waals surface area contributed by atoms with Crippen LogP contribution in [0.2, 0.25) is 0 Å². The summed E-state index contributed by atoms with van der Waals surface area (Å²) in [6.07, 6.45) is 6.03. The lowest BCUT2D eigenvalue weighted by Gasteiger charge is -2.13. The van der Waals surface area contributed by atoms with Crippen molar-refractivity contribution in [3.63, 3.8) is 0 Å². The lowest BCUT2D eigenvalue weighted by atomic mass is 9.97. The molecule has 0 atom stereocenters. The number of hydrogen-bond donors (Lipinski definition) is 0. The molecule has 0 amide bonds. The van der Waals surface area contributed by atoms with Gasteiger partial charge in [0, 0.05) is 38.0 Å². The van der Waals surface area contributed by atoms with Crippen LogP contribution < -0.4 is 0 Å². The fourth-order valence-electron chi connectivity index (χ4n) is 6.76. The SMILES string of the molecule is C=N/C=C(\C=C/C)n1c2ccccc2c2c3c4c5ccccc5ccc4n(-c4ccccc4)c3c3ccccc3c21. The van der Waals surface area contributed by atoms with Crippen LogP contribution in [0.4, 0.5) is 0 Å². The van der Waals surface area contributed by atoms with E-state index in [4.69, 9.17) is 0 Å². The highest BCUT2D eigenvalue weighted by Crippen LogP contribution is 2.48. The van der Waals surface area contributed by atoms with Gasteiger partial charge in [0.1, 0.15) is 0 Å². The van der Waals surface area contributed by atoms with Crippen LogP contribution in [-0.2, 0) is 0 Å². The standard InChI is InChI=1S/C38H27N3/c1-3-13-27(24-39-2)41-32-21-12-11-20-31(32)35-36-34-28-17-8-7-14-25(28)22-23-33(34)40(26-15-5-4-6-16-26)38(36)30-19-10-9-18-29(30)37(35)41/h3-24H,2H2,1H3/b13-3-,27-24+. The fourth-order valence-corrected chi connectivity index (χ4v) is 6.76. The van der Waals surface area contributed by atoms with Gasteiger partial charge in [-0.15, -0.1) is 0 Å². The van der Waals surface area contributed by atoms with E-state index in [1.165, 1.54) is 59.6 Å². The van der Waals surface area contributed by atoms with E-state index in [1.54, 1.807) is 0 Å². The third kappa shape index (κ3) is 3.23. The van der Waals surface area contributed by atoms with Crippen molar-refractivity contribution in [3.05, 3.63) is 134 Å².